The smallest absolute Gasteiger partial charge is 0.00950 e. The summed E-state index contributed by atoms with van der Waals surface area (Å²) in [5.74, 6) is 1.65. The molecule has 2 atom stereocenters. The molecule has 0 fully saturated rings. The van der Waals surface area contributed by atoms with Gasteiger partial charge in [-0.25, -0.2) is 0 Å². The normalized spacial score (nSPS) is 16.2. The molecule has 80 valence electrons. The lowest BCUT2D eigenvalue weighted by Gasteiger charge is -2.29. The van der Waals surface area contributed by atoms with Crippen molar-refractivity contribution in [1.82, 2.24) is 5.32 Å². The molecule has 0 heterocycles. The molecule has 0 aromatic heterocycles. The average molecular weight is 185 g/mol. The van der Waals surface area contributed by atoms with Crippen molar-refractivity contribution in [3.63, 3.8) is 0 Å². The van der Waals surface area contributed by atoms with E-state index in [4.69, 9.17) is 0 Å². The van der Waals surface area contributed by atoms with Gasteiger partial charge in [-0.15, -0.1) is 0 Å². The summed E-state index contributed by atoms with van der Waals surface area (Å²) in [4.78, 5) is 0. The van der Waals surface area contributed by atoms with E-state index in [0.717, 1.165) is 17.9 Å². The lowest BCUT2D eigenvalue weighted by molar-refractivity contribution is 0.262. The Morgan fingerprint density at radius 2 is 1.62 bits per heavy atom. The molecule has 0 aromatic carbocycles. The van der Waals surface area contributed by atoms with E-state index >= 15 is 0 Å². The SMILES string of the molecule is CCCNC(CC)C(CC)C(C)C. The Bertz CT molecular complexity index is 110. The van der Waals surface area contributed by atoms with E-state index < -0.39 is 0 Å². The Morgan fingerprint density at radius 1 is 1.00 bits per heavy atom. The van der Waals surface area contributed by atoms with Gasteiger partial charge < -0.3 is 5.32 Å². The van der Waals surface area contributed by atoms with Crippen molar-refractivity contribution in [3.8, 4) is 0 Å². The van der Waals surface area contributed by atoms with Gasteiger partial charge in [0.2, 0.25) is 0 Å². The molecule has 0 saturated carbocycles. The second kappa shape index (κ2) is 7.37. The summed E-state index contributed by atoms with van der Waals surface area (Å²) in [5.41, 5.74) is 0. The molecule has 0 aliphatic rings. The van der Waals surface area contributed by atoms with Crippen molar-refractivity contribution in [2.45, 2.75) is 59.9 Å². The van der Waals surface area contributed by atoms with Crippen LogP contribution in [0.4, 0.5) is 0 Å². The Hall–Kier alpha value is -0.0400. The average Bonchev–Trinajstić information content (AvgIpc) is 2.11. The van der Waals surface area contributed by atoms with Crippen LogP contribution in [0.25, 0.3) is 0 Å². The van der Waals surface area contributed by atoms with Gasteiger partial charge in [-0.3, -0.25) is 0 Å². The predicted molar refractivity (Wildman–Crippen MR) is 61.0 cm³/mol. The summed E-state index contributed by atoms with van der Waals surface area (Å²) in [6, 6.07) is 0.727. The molecular weight excluding hydrogens is 158 g/mol. The largest absolute Gasteiger partial charge is 0.314 e. The fourth-order valence-corrected chi connectivity index (χ4v) is 2.15. The van der Waals surface area contributed by atoms with E-state index in [0.29, 0.717) is 0 Å². The molecule has 0 aliphatic carbocycles. The Balaban J connectivity index is 4.00. The second-order valence-corrected chi connectivity index (χ2v) is 4.28. The maximum absolute atomic E-state index is 3.65. The Kier molecular flexibility index (Phi) is 7.35. The van der Waals surface area contributed by atoms with Crippen molar-refractivity contribution >= 4 is 0 Å². The monoisotopic (exact) mass is 185 g/mol. The fourth-order valence-electron chi connectivity index (χ4n) is 2.15. The molecule has 0 aliphatic heterocycles. The van der Waals surface area contributed by atoms with E-state index in [1.807, 2.05) is 0 Å². The molecule has 0 saturated heterocycles. The van der Waals surface area contributed by atoms with Crippen molar-refractivity contribution in [2.24, 2.45) is 11.8 Å². The zero-order valence-corrected chi connectivity index (χ0v) is 10.1. The third kappa shape index (κ3) is 4.66. The molecule has 1 heteroatoms. The van der Waals surface area contributed by atoms with Gasteiger partial charge in [0.25, 0.3) is 0 Å². The first-order chi connectivity index (χ1) is 6.17. The molecule has 0 spiro atoms. The summed E-state index contributed by atoms with van der Waals surface area (Å²) in [5, 5.41) is 3.65. The van der Waals surface area contributed by atoms with Gasteiger partial charge in [-0.1, -0.05) is 41.0 Å². The minimum atomic E-state index is 0.727. The highest BCUT2D eigenvalue weighted by Crippen LogP contribution is 2.21. The summed E-state index contributed by atoms with van der Waals surface area (Å²) in [7, 11) is 0. The summed E-state index contributed by atoms with van der Waals surface area (Å²) in [6.07, 6.45) is 3.80. The van der Waals surface area contributed by atoms with Crippen LogP contribution in [0.2, 0.25) is 0 Å². The Morgan fingerprint density at radius 3 is 1.92 bits per heavy atom. The van der Waals surface area contributed by atoms with E-state index in [1.54, 1.807) is 0 Å². The first-order valence-corrected chi connectivity index (χ1v) is 5.90. The number of rotatable bonds is 7. The lowest BCUT2D eigenvalue weighted by Crippen LogP contribution is -2.38. The van der Waals surface area contributed by atoms with Crippen LogP contribution in [0.5, 0.6) is 0 Å². The van der Waals surface area contributed by atoms with Crippen LogP contribution >= 0.6 is 0 Å². The standard InChI is InChI=1S/C12H27N/c1-6-9-13-12(8-3)11(7-2)10(4)5/h10-13H,6-9H2,1-5H3. The van der Waals surface area contributed by atoms with Crippen LogP contribution in [0.3, 0.4) is 0 Å². The van der Waals surface area contributed by atoms with Gasteiger partial charge in [0.1, 0.15) is 0 Å². The highest BCUT2D eigenvalue weighted by Gasteiger charge is 2.20. The van der Waals surface area contributed by atoms with Gasteiger partial charge in [0, 0.05) is 6.04 Å². The molecule has 0 amide bonds. The molecule has 13 heavy (non-hydrogen) atoms. The second-order valence-electron chi connectivity index (χ2n) is 4.28. The molecular formula is C12H27N. The van der Waals surface area contributed by atoms with Crippen molar-refractivity contribution in [3.05, 3.63) is 0 Å². The van der Waals surface area contributed by atoms with Crippen molar-refractivity contribution in [1.29, 1.82) is 0 Å². The van der Waals surface area contributed by atoms with Gasteiger partial charge in [-0.05, 0) is 31.2 Å². The highest BCUT2D eigenvalue weighted by molar-refractivity contribution is 4.76. The minimum absolute atomic E-state index is 0.727. The quantitative estimate of drug-likeness (QED) is 0.640. The Labute approximate surface area is 84.3 Å². The zero-order valence-electron chi connectivity index (χ0n) is 10.1. The van der Waals surface area contributed by atoms with Crippen LogP contribution in [-0.2, 0) is 0 Å². The van der Waals surface area contributed by atoms with Gasteiger partial charge in [-0.2, -0.15) is 0 Å². The zero-order chi connectivity index (χ0) is 10.3. The molecule has 0 aromatic rings. The summed E-state index contributed by atoms with van der Waals surface area (Å²) in [6.45, 7) is 12.7. The van der Waals surface area contributed by atoms with Gasteiger partial charge in [0.05, 0.1) is 0 Å². The van der Waals surface area contributed by atoms with Gasteiger partial charge >= 0.3 is 0 Å². The summed E-state index contributed by atoms with van der Waals surface area (Å²) >= 11 is 0. The molecule has 1 N–H and O–H groups in total. The number of hydrogen-bond acceptors (Lipinski definition) is 1. The number of hydrogen-bond donors (Lipinski definition) is 1. The molecule has 2 unspecified atom stereocenters. The number of nitrogens with one attached hydrogen (secondary N) is 1. The summed E-state index contributed by atoms with van der Waals surface area (Å²) < 4.78 is 0. The first kappa shape index (κ1) is 13.0. The van der Waals surface area contributed by atoms with Crippen LogP contribution in [0, 0.1) is 11.8 Å². The van der Waals surface area contributed by atoms with Gasteiger partial charge in [0.15, 0.2) is 0 Å². The van der Waals surface area contributed by atoms with Crippen LogP contribution in [-0.4, -0.2) is 12.6 Å². The van der Waals surface area contributed by atoms with E-state index in [-0.39, 0.29) is 0 Å². The van der Waals surface area contributed by atoms with Crippen LogP contribution in [0.15, 0.2) is 0 Å². The fraction of sp³-hybridized carbons (Fsp3) is 1.00. The van der Waals surface area contributed by atoms with Crippen LogP contribution < -0.4 is 5.32 Å². The predicted octanol–water partition coefficient (Wildman–Crippen LogP) is 3.45. The third-order valence-electron chi connectivity index (χ3n) is 2.94. The highest BCUT2D eigenvalue weighted by atomic mass is 14.9. The first-order valence-electron chi connectivity index (χ1n) is 5.90. The van der Waals surface area contributed by atoms with Crippen molar-refractivity contribution in [2.75, 3.05) is 6.54 Å². The molecule has 0 radical (unpaired) electrons. The molecule has 0 bridgehead atoms. The minimum Gasteiger partial charge on any atom is -0.314 e. The molecule has 1 nitrogen and oxygen atoms in total. The van der Waals surface area contributed by atoms with E-state index in [2.05, 4.69) is 39.9 Å². The lowest BCUT2D eigenvalue weighted by atomic mass is 9.85. The van der Waals surface area contributed by atoms with Crippen LogP contribution in [0.1, 0.15) is 53.9 Å². The van der Waals surface area contributed by atoms with Crippen molar-refractivity contribution < 1.29 is 0 Å². The maximum atomic E-state index is 3.65. The maximum Gasteiger partial charge on any atom is 0.00950 e. The topological polar surface area (TPSA) is 12.0 Å². The van der Waals surface area contributed by atoms with E-state index in [9.17, 15) is 0 Å². The molecule has 0 rings (SSSR count). The third-order valence-corrected chi connectivity index (χ3v) is 2.94. The van der Waals surface area contributed by atoms with E-state index in [1.165, 1.54) is 25.8 Å².